The number of nitrogens with one attached hydrogen (secondary N) is 1. The summed E-state index contributed by atoms with van der Waals surface area (Å²) >= 11 is 0. The molecule has 0 aliphatic carbocycles. The summed E-state index contributed by atoms with van der Waals surface area (Å²) in [6.07, 6.45) is 2.92. The minimum absolute atomic E-state index is 0.101. The van der Waals surface area contributed by atoms with Crippen molar-refractivity contribution in [2.24, 2.45) is 5.92 Å². The van der Waals surface area contributed by atoms with Crippen LogP contribution in [0.4, 0.5) is 4.39 Å². The minimum Gasteiger partial charge on any atom is -0.467 e. The Morgan fingerprint density at radius 3 is 2.61 bits per heavy atom. The van der Waals surface area contributed by atoms with E-state index in [0.29, 0.717) is 37.3 Å². The average molecular weight is 420 g/mol. The first kappa shape index (κ1) is 20.8. The number of nitrogens with zero attached hydrogens (tertiary/aromatic N) is 1. The fourth-order valence-corrected chi connectivity index (χ4v) is 4.12. The smallest absolute Gasteiger partial charge is 0.254 e. The van der Waals surface area contributed by atoms with Crippen molar-refractivity contribution in [3.8, 4) is 0 Å². The van der Waals surface area contributed by atoms with Crippen LogP contribution in [0.5, 0.6) is 0 Å². The summed E-state index contributed by atoms with van der Waals surface area (Å²) in [5, 5.41) is 2.90. The molecule has 31 heavy (non-hydrogen) atoms. The van der Waals surface area contributed by atoms with Crippen molar-refractivity contribution in [2.45, 2.75) is 32.4 Å². The molecule has 2 heterocycles. The van der Waals surface area contributed by atoms with Crippen LogP contribution in [0.1, 0.15) is 46.1 Å². The summed E-state index contributed by atoms with van der Waals surface area (Å²) in [6, 6.07) is 17.1. The maximum Gasteiger partial charge on any atom is 0.254 e. The lowest BCUT2D eigenvalue weighted by Gasteiger charge is -2.39. The molecule has 1 N–H and O–H groups in total. The molecular formula is C25H25FN2O3. The van der Waals surface area contributed by atoms with Gasteiger partial charge >= 0.3 is 0 Å². The third kappa shape index (κ3) is 4.85. The van der Waals surface area contributed by atoms with Crippen LogP contribution >= 0.6 is 0 Å². The second-order valence-electron chi connectivity index (χ2n) is 7.97. The van der Waals surface area contributed by atoms with Gasteiger partial charge in [-0.2, -0.15) is 0 Å². The molecule has 4 rings (SSSR count). The van der Waals surface area contributed by atoms with Gasteiger partial charge in [0.05, 0.1) is 24.8 Å². The number of furan rings is 1. The number of amides is 2. The van der Waals surface area contributed by atoms with Gasteiger partial charge in [-0.15, -0.1) is 0 Å². The summed E-state index contributed by atoms with van der Waals surface area (Å²) in [5.74, 6) is -0.326. The Bertz CT molecular complexity index is 1050. The van der Waals surface area contributed by atoms with Crippen molar-refractivity contribution < 1.29 is 18.4 Å². The van der Waals surface area contributed by atoms with E-state index < -0.39 is 0 Å². The maximum atomic E-state index is 13.4. The van der Waals surface area contributed by atoms with Gasteiger partial charge in [-0.05, 0) is 61.7 Å². The number of benzene rings is 2. The molecule has 2 atom stereocenters. The van der Waals surface area contributed by atoms with Crippen LogP contribution in [-0.4, -0.2) is 23.3 Å². The van der Waals surface area contributed by atoms with Crippen LogP contribution in [0, 0.1) is 18.7 Å². The Kier molecular flexibility index (Phi) is 6.16. The molecule has 0 saturated carbocycles. The first-order valence-electron chi connectivity index (χ1n) is 10.4. The van der Waals surface area contributed by atoms with Crippen LogP contribution < -0.4 is 5.32 Å². The third-order valence-electron chi connectivity index (χ3n) is 5.75. The molecule has 1 aliphatic rings. The fraction of sp³-hybridized carbons (Fsp3) is 0.280. The highest BCUT2D eigenvalue weighted by Gasteiger charge is 2.36. The van der Waals surface area contributed by atoms with Crippen molar-refractivity contribution in [3.05, 3.63) is 95.2 Å². The molecule has 1 aromatic heterocycles. The summed E-state index contributed by atoms with van der Waals surface area (Å²) in [5.41, 5.74) is 2.57. The Morgan fingerprint density at radius 1 is 1.10 bits per heavy atom. The number of hydrogen-bond donors (Lipinski definition) is 1. The Morgan fingerprint density at radius 2 is 1.90 bits per heavy atom. The van der Waals surface area contributed by atoms with Crippen LogP contribution in [0.2, 0.25) is 0 Å². The van der Waals surface area contributed by atoms with Gasteiger partial charge in [-0.1, -0.05) is 29.8 Å². The predicted molar refractivity (Wildman–Crippen MR) is 115 cm³/mol. The van der Waals surface area contributed by atoms with Crippen molar-refractivity contribution in [3.63, 3.8) is 0 Å². The molecular weight excluding hydrogens is 395 g/mol. The van der Waals surface area contributed by atoms with Gasteiger partial charge in [0, 0.05) is 12.1 Å². The molecule has 1 aliphatic heterocycles. The zero-order chi connectivity index (χ0) is 21.8. The molecule has 2 aromatic carbocycles. The van der Waals surface area contributed by atoms with Crippen LogP contribution in [0.15, 0.2) is 71.3 Å². The number of aryl methyl sites for hydroxylation is 1. The molecule has 5 nitrogen and oxygen atoms in total. The Balaban J connectivity index is 1.55. The highest BCUT2D eigenvalue weighted by molar-refractivity contribution is 5.95. The van der Waals surface area contributed by atoms with E-state index in [2.05, 4.69) is 11.4 Å². The molecule has 3 aromatic rings. The summed E-state index contributed by atoms with van der Waals surface area (Å²) in [4.78, 5) is 27.9. The lowest BCUT2D eigenvalue weighted by atomic mass is 9.87. The van der Waals surface area contributed by atoms with Gasteiger partial charge < -0.3 is 14.6 Å². The lowest BCUT2D eigenvalue weighted by Crippen LogP contribution is -2.46. The van der Waals surface area contributed by atoms with E-state index in [9.17, 15) is 14.0 Å². The number of hydrogen-bond acceptors (Lipinski definition) is 3. The molecule has 2 amide bonds. The predicted octanol–water partition coefficient (Wildman–Crippen LogP) is 4.64. The standard InChI is InChI=1S/C25H25FN2O3/c1-17-4-2-5-19(14-17)23-12-9-20(24(29)27-15-22-6-3-13-31-22)16-28(23)25(30)18-7-10-21(26)11-8-18/h2-8,10-11,13-14,20,23H,9,12,15-16H2,1H3,(H,27,29)/t20-,23-/m1/s1. The van der Waals surface area contributed by atoms with E-state index in [1.807, 2.05) is 25.1 Å². The van der Waals surface area contributed by atoms with E-state index in [1.54, 1.807) is 23.3 Å². The second-order valence-corrected chi connectivity index (χ2v) is 7.97. The molecule has 160 valence electrons. The number of likely N-dealkylation sites (tertiary alicyclic amines) is 1. The van der Waals surface area contributed by atoms with Gasteiger partial charge in [-0.25, -0.2) is 4.39 Å². The van der Waals surface area contributed by atoms with Gasteiger partial charge in [0.25, 0.3) is 5.91 Å². The van der Waals surface area contributed by atoms with E-state index in [-0.39, 0.29) is 29.6 Å². The fourth-order valence-electron chi connectivity index (χ4n) is 4.12. The molecule has 6 heteroatoms. The maximum absolute atomic E-state index is 13.4. The van der Waals surface area contributed by atoms with Gasteiger partial charge in [0.2, 0.25) is 5.91 Å². The highest BCUT2D eigenvalue weighted by Crippen LogP contribution is 2.35. The SMILES string of the molecule is Cc1cccc([C@H]2CC[C@@H](C(=O)NCc3ccco3)CN2C(=O)c2ccc(F)cc2)c1. The minimum atomic E-state index is -0.388. The second kappa shape index (κ2) is 9.16. The first-order chi connectivity index (χ1) is 15.0. The molecule has 0 radical (unpaired) electrons. The number of halogens is 1. The zero-order valence-electron chi connectivity index (χ0n) is 17.4. The van der Waals surface area contributed by atoms with Crippen LogP contribution in [-0.2, 0) is 11.3 Å². The van der Waals surface area contributed by atoms with Crippen LogP contribution in [0.3, 0.4) is 0 Å². The summed E-state index contributed by atoms with van der Waals surface area (Å²) < 4.78 is 18.6. The molecule has 1 fully saturated rings. The third-order valence-corrected chi connectivity index (χ3v) is 5.75. The van der Waals surface area contributed by atoms with E-state index >= 15 is 0 Å². The average Bonchev–Trinajstić information content (AvgIpc) is 3.31. The number of carbonyl (C=O) groups excluding carboxylic acids is 2. The summed E-state index contributed by atoms with van der Waals surface area (Å²) in [6.45, 7) is 2.64. The number of carbonyl (C=O) groups is 2. The van der Waals surface area contributed by atoms with E-state index in [1.165, 1.54) is 24.3 Å². The van der Waals surface area contributed by atoms with Crippen molar-refractivity contribution >= 4 is 11.8 Å². The zero-order valence-corrected chi connectivity index (χ0v) is 17.4. The van der Waals surface area contributed by atoms with E-state index in [4.69, 9.17) is 4.42 Å². The van der Waals surface area contributed by atoms with Crippen molar-refractivity contribution in [1.82, 2.24) is 10.2 Å². The Labute approximate surface area is 180 Å². The first-order valence-corrected chi connectivity index (χ1v) is 10.4. The number of rotatable bonds is 5. The Hall–Kier alpha value is -3.41. The quantitative estimate of drug-likeness (QED) is 0.654. The molecule has 0 unspecified atom stereocenters. The molecule has 1 saturated heterocycles. The largest absolute Gasteiger partial charge is 0.467 e. The van der Waals surface area contributed by atoms with Gasteiger partial charge in [-0.3, -0.25) is 9.59 Å². The number of piperidine rings is 1. The molecule has 0 bridgehead atoms. The summed E-state index contributed by atoms with van der Waals surface area (Å²) in [7, 11) is 0. The van der Waals surface area contributed by atoms with Crippen molar-refractivity contribution in [1.29, 1.82) is 0 Å². The monoisotopic (exact) mass is 420 g/mol. The van der Waals surface area contributed by atoms with Gasteiger partial charge in [0.15, 0.2) is 0 Å². The lowest BCUT2D eigenvalue weighted by molar-refractivity contribution is -0.127. The van der Waals surface area contributed by atoms with Gasteiger partial charge in [0.1, 0.15) is 11.6 Å². The van der Waals surface area contributed by atoms with Crippen molar-refractivity contribution in [2.75, 3.05) is 6.54 Å². The normalized spacial score (nSPS) is 18.6. The van der Waals surface area contributed by atoms with E-state index in [0.717, 1.165) is 11.1 Å². The highest BCUT2D eigenvalue weighted by atomic mass is 19.1. The molecule has 0 spiro atoms. The topological polar surface area (TPSA) is 62.6 Å². The van der Waals surface area contributed by atoms with Crippen LogP contribution in [0.25, 0.3) is 0 Å².